The molecule has 1 amide bonds. The Morgan fingerprint density at radius 3 is 2.83 bits per heavy atom. The highest BCUT2D eigenvalue weighted by molar-refractivity contribution is 5.82. The molecule has 0 aromatic rings. The number of amides is 1. The molecule has 2 saturated heterocycles. The van der Waals surface area contributed by atoms with E-state index in [0.29, 0.717) is 12.5 Å². The Morgan fingerprint density at radius 1 is 1.39 bits per heavy atom. The number of piperidine rings is 1. The highest BCUT2D eigenvalue weighted by Gasteiger charge is 2.34. The summed E-state index contributed by atoms with van der Waals surface area (Å²) >= 11 is 0. The van der Waals surface area contributed by atoms with Gasteiger partial charge in [-0.2, -0.15) is 0 Å². The van der Waals surface area contributed by atoms with Crippen LogP contribution in [0.25, 0.3) is 0 Å². The van der Waals surface area contributed by atoms with E-state index in [1.165, 1.54) is 6.42 Å². The van der Waals surface area contributed by atoms with Gasteiger partial charge in [0.15, 0.2) is 0 Å². The van der Waals surface area contributed by atoms with Crippen molar-refractivity contribution in [2.75, 3.05) is 6.54 Å². The van der Waals surface area contributed by atoms with E-state index in [9.17, 15) is 9.90 Å². The maximum atomic E-state index is 12.5. The van der Waals surface area contributed by atoms with Crippen molar-refractivity contribution in [1.29, 1.82) is 0 Å². The zero-order valence-corrected chi connectivity index (χ0v) is 11.6. The summed E-state index contributed by atoms with van der Waals surface area (Å²) in [5.74, 6) is 0.254. The Hall–Kier alpha value is -0.610. The van der Waals surface area contributed by atoms with Gasteiger partial charge in [0.05, 0.1) is 12.1 Å². The van der Waals surface area contributed by atoms with Crippen molar-refractivity contribution in [2.45, 2.75) is 76.6 Å². The van der Waals surface area contributed by atoms with Crippen LogP contribution in [-0.4, -0.2) is 46.7 Å². The second-order valence-electron chi connectivity index (χ2n) is 5.96. The SMILES string of the molecule is CC(O)CC1CCCN1C(=O)C1CCCC(C)N1. The molecule has 2 heterocycles. The molecular weight excluding hydrogens is 228 g/mol. The highest BCUT2D eigenvalue weighted by Crippen LogP contribution is 2.24. The van der Waals surface area contributed by atoms with Crippen LogP contribution in [0.15, 0.2) is 0 Å². The van der Waals surface area contributed by atoms with Gasteiger partial charge in [-0.1, -0.05) is 0 Å². The quantitative estimate of drug-likeness (QED) is 0.797. The summed E-state index contributed by atoms with van der Waals surface area (Å²) in [6, 6.07) is 0.699. The minimum Gasteiger partial charge on any atom is -0.393 e. The fourth-order valence-corrected chi connectivity index (χ4v) is 3.30. The van der Waals surface area contributed by atoms with Crippen LogP contribution >= 0.6 is 0 Å². The number of hydrogen-bond donors (Lipinski definition) is 2. The number of carbonyl (C=O) groups is 1. The number of nitrogens with zero attached hydrogens (tertiary/aromatic N) is 1. The number of likely N-dealkylation sites (tertiary alicyclic amines) is 1. The largest absolute Gasteiger partial charge is 0.393 e. The van der Waals surface area contributed by atoms with Crippen LogP contribution in [0.5, 0.6) is 0 Å². The number of rotatable bonds is 3. The van der Waals surface area contributed by atoms with Crippen LogP contribution in [0.2, 0.25) is 0 Å². The molecule has 4 unspecified atom stereocenters. The van der Waals surface area contributed by atoms with Gasteiger partial charge in [-0.3, -0.25) is 4.79 Å². The summed E-state index contributed by atoms with van der Waals surface area (Å²) in [4.78, 5) is 14.5. The van der Waals surface area contributed by atoms with Gasteiger partial charge in [0.2, 0.25) is 5.91 Å². The molecule has 0 spiro atoms. The molecule has 0 aromatic carbocycles. The van der Waals surface area contributed by atoms with Crippen LogP contribution in [0.1, 0.15) is 52.4 Å². The number of aliphatic hydroxyl groups excluding tert-OH is 1. The minimum absolute atomic E-state index is 0.00310. The van der Waals surface area contributed by atoms with Crippen molar-refractivity contribution in [3.63, 3.8) is 0 Å². The van der Waals surface area contributed by atoms with Gasteiger partial charge in [0.1, 0.15) is 0 Å². The zero-order valence-electron chi connectivity index (χ0n) is 11.6. The smallest absolute Gasteiger partial charge is 0.239 e. The van der Waals surface area contributed by atoms with E-state index in [0.717, 1.165) is 32.2 Å². The topological polar surface area (TPSA) is 52.6 Å². The Labute approximate surface area is 110 Å². The first-order valence-electron chi connectivity index (χ1n) is 7.32. The fourth-order valence-electron chi connectivity index (χ4n) is 3.30. The van der Waals surface area contributed by atoms with Crippen LogP contribution in [-0.2, 0) is 4.79 Å². The molecule has 4 atom stereocenters. The third-order valence-electron chi connectivity index (χ3n) is 4.19. The van der Waals surface area contributed by atoms with Gasteiger partial charge in [0, 0.05) is 18.6 Å². The van der Waals surface area contributed by atoms with Crippen LogP contribution in [0.4, 0.5) is 0 Å². The van der Waals surface area contributed by atoms with Gasteiger partial charge in [-0.15, -0.1) is 0 Å². The first-order chi connectivity index (χ1) is 8.58. The van der Waals surface area contributed by atoms with Crippen LogP contribution in [0, 0.1) is 0 Å². The normalized spacial score (nSPS) is 34.6. The third-order valence-corrected chi connectivity index (χ3v) is 4.19. The van der Waals surface area contributed by atoms with E-state index in [1.54, 1.807) is 0 Å². The first-order valence-corrected chi connectivity index (χ1v) is 7.32. The number of nitrogens with one attached hydrogen (secondary N) is 1. The van der Waals surface area contributed by atoms with E-state index >= 15 is 0 Å². The summed E-state index contributed by atoms with van der Waals surface area (Å²) in [6.45, 7) is 4.82. The molecule has 0 radical (unpaired) electrons. The standard InChI is InChI=1S/C14H26N2O2/c1-10-5-3-7-13(15-10)14(18)16-8-4-6-12(16)9-11(2)17/h10-13,15,17H,3-9H2,1-2H3. The van der Waals surface area contributed by atoms with Gasteiger partial charge >= 0.3 is 0 Å². The predicted octanol–water partition coefficient (Wildman–Crippen LogP) is 1.28. The summed E-state index contributed by atoms with van der Waals surface area (Å²) in [5, 5.41) is 12.9. The predicted molar refractivity (Wildman–Crippen MR) is 71.3 cm³/mol. The van der Waals surface area contributed by atoms with Crippen LogP contribution < -0.4 is 5.32 Å². The van der Waals surface area contributed by atoms with Gasteiger partial charge in [-0.25, -0.2) is 0 Å². The van der Waals surface area contributed by atoms with Crippen LogP contribution in [0.3, 0.4) is 0 Å². The molecule has 2 aliphatic rings. The second-order valence-corrected chi connectivity index (χ2v) is 5.96. The van der Waals surface area contributed by atoms with Gasteiger partial charge in [0.25, 0.3) is 0 Å². The summed E-state index contributed by atoms with van der Waals surface area (Å²) in [7, 11) is 0. The molecule has 4 nitrogen and oxygen atoms in total. The number of carbonyl (C=O) groups excluding carboxylic acids is 1. The van der Waals surface area contributed by atoms with E-state index in [4.69, 9.17) is 0 Å². The second kappa shape index (κ2) is 6.02. The molecule has 0 saturated carbocycles. The molecule has 104 valence electrons. The van der Waals surface area contributed by atoms with Crippen molar-refractivity contribution in [3.8, 4) is 0 Å². The molecule has 2 aliphatic heterocycles. The van der Waals surface area contributed by atoms with Gasteiger partial charge < -0.3 is 15.3 Å². The Bertz CT molecular complexity index is 294. The van der Waals surface area contributed by atoms with Crippen molar-refractivity contribution < 1.29 is 9.90 Å². The average Bonchev–Trinajstić information content (AvgIpc) is 2.75. The number of aliphatic hydroxyl groups is 1. The van der Waals surface area contributed by atoms with E-state index in [2.05, 4.69) is 12.2 Å². The molecule has 4 heteroatoms. The van der Waals surface area contributed by atoms with E-state index in [-0.39, 0.29) is 24.1 Å². The Morgan fingerprint density at radius 2 is 2.17 bits per heavy atom. The van der Waals surface area contributed by atoms with Crippen molar-refractivity contribution in [3.05, 3.63) is 0 Å². The molecule has 0 aliphatic carbocycles. The fraction of sp³-hybridized carbons (Fsp3) is 0.929. The molecule has 2 N–H and O–H groups in total. The number of hydrogen-bond acceptors (Lipinski definition) is 3. The lowest BCUT2D eigenvalue weighted by atomic mass is 9.98. The molecule has 0 bridgehead atoms. The summed E-state index contributed by atoms with van der Waals surface area (Å²) in [6.07, 6.45) is 5.78. The lowest BCUT2D eigenvalue weighted by Crippen LogP contribution is -2.52. The third kappa shape index (κ3) is 3.23. The first kappa shape index (κ1) is 13.8. The van der Waals surface area contributed by atoms with E-state index in [1.807, 2.05) is 11.8 Å². The maximum Gasteiger partial charge on any atom is 0.239 e. The minimum atomic E-state index is -0.318. The lowest BCUT2D eigenvalue weighted by Gasteiger charge is -2.34. The average molecular weight is 254 g/mol. The molecule has 2 fully saturated rings. The maximum absolute atomic E-state index is 12.5. The summed E-state index contributed by atoms with van der Waals surface area (Å²) < 4.78 is 0. The monoisotopic (exact) mass is 254 g/mol. The Balaban J connectivity index is 1.94. The Kier molecular flexibility index (Phi) is 4.62. The van der Waals surface area contributed by atoms with E-state index < -0.39 is 0 Å². The molecular formula is C14H26N2O2. The van der Waals surface area contributed by atoms with Crippen molar-refractivity contribution in [1.82, 2.24) is 10.2 Å². The molecule has 0 aromatic heterocycles. The van der Waals surface area contributed by atoms with Crippen molar-refractivity contribution >= 4 is 5.91 Å². The van der Waals surface area contributed by atoms with Crippen molar-refractivity contribution in [2.24, 2.45) is 0 Å². The highest BCUT2D eigenvalue weighted by atomic mass is 16.3. The summed E-state index contributed by atoms with van der Waals surface area (Å²) in [5.41, 5.74) is 0. The molecule has 18 heavy (non-hydrogen) atoms. The zero-order chi connectivity index (χ0) is 13.1. The molecule has 2 rings (SSSR count). The lowest BCUT2D eigenvalue weighted by molar-refractivity contribution is -0.135. The van der Waals surface area contributed by atoms with Gasteiger partial charge in [-0.05, 0) is 52.4 Å².